The molecule has 0 aliphatic heterocycles. The first-order chi connectivity index (χ1) is 12.3. The number of alkyl halides is 3. The van der Waals surface area contributed by atoms with Crippen molar-refractivity contribution < 1.29 is 18.0 Å². The second-order valence-electron chi connectivity index (χ2n) is 5.30. The van der Waals surface area contributed by atoms with Gasteiger partial charge in [-0.3, -0.25) is 4.79 Å². The van der Waals surface area contributed by atoms with Gasteiger partial charge in [-0.05, 0) is 18.2 Å². The van der Waals surface area contributed by atoms with Gasteiger partial charge < -0.3 is 15.6 Å². The number of fused-ring (bicyclic) bond motifs is 1. The van der Waals surface area contributed by atoms with E-state index in [0.29, 0.717) is 22.2 Å². The van der Waals surface area contributed by atoms with E-state index in [1.54, 1.807) is 12.3 Å². The number of hydrogen-bond acceptors (Lipinski definition) is 3. The number of H-pyrrole nitrogens is 1. The number of rotatable bonds is 3. The van der Waals surface area contributed by atoms with E-state index in [2.05, 4.69) is 19.8 Å². The molecule has 0 unspecified atom stereocenters. The predicted octanol–water partition coefficient (Wildman–Crippen LogP) is 3.69. The molecule has 0 saturated heterocycles. The molecule has 130 valence electrons. The van der Waals surface area contributed by atoms with Crippen molar-refractivity contribution in [2.45, 2.75) is 6.18 Å². The van der Waals surface area contributed by atoms with Crippen molar-refractivity contribution in [2.75, 3.05) is 0 Å². The van der Waals surface area contributed by atoms with Crippen LogP contribution in [0.15, 0.2) is 36.8 Å². The minimum absolute atomic E-state index is 0.171. The summed E-state index contributed by atoms with van der Waals surface area (Å²) >= 11 is 0. The largest absolute Gasteiger partial charge is 0.409 e. The summed E-state index contributed by atoms with van der Waals surface area (Å²) in [5.41, 5.74) is 5.63. The Balaban J connectivity index is 2.13. The molecule has 3 rings (SSSR count). The van der Waals surface area contributed by atoms with Gasteiger partial charge in [0.2, 0.25) is 5.91 Å². The van der Waals surface area contributed by atoms with Crippen LogP contribution in [0.25, 0.3) is 33.1 Å². The fourth-order valence-electron chi connectivity index (χ4n) is 2.40. The quantitative estimate of drug-likeness (QED) is 0.553. The van der Waals surface area contributed by atoms with Gasteiger partial charge in [0.05, 0.1) is 5.56 Å². The van der Waals surface area contributed by atoms with Gasteiger partial charge in [-0.15, -0.1) is 4.98 Å². The zero-order valence-electron chi connectivity index (χ0n) is 13.0. The van der Waals surface area contributed by atoms with Gasteiger partial charge in [-0.25, -0.2) is 4.98 Å². The summed E-state index contributed by atoms with van der Waals surface area (Å²) in [5.74, 6) is -1.33. The number of aromatic nitrogens is 3. The molecule has 0 saturated carbocycles. The lowest BCUT2D eigenvalue weighted by atomic mass is 10.0. The molecule has 3 N–H and O–H groups in total. The number of nitrogens with two attached hydrogens (primary N) is 1. The molecule has 0 bridgehead atoms. The standard InChI is InChI=1S/C17H10F3N5O/c1-22-16-13(17(18,19)20)5-11(8-25-16)10-4-12-9(2-3-14(21)26)6-23-15(12)24-7-10/h2-8H,(H2,21,26)(H,23,24)/b3-2+. The lowest BCUT2D eigenvalue weighted by molar-refractivity contribution is -0.137. The summed E-state index contributed by atoms with van der Waals surface area (Å²) in [6.07, 6.45) is 2.15. The van der Waals surface area contributed by atoms with Crippen molar-refractivity contribution in [3.8, 4) is 11.1 Å². The van der Waals surface area contributed by atoms with Crippen molar-refractivity contribution >= 4 is 28.8 Å². The molecule has 3 aromatic heterocycles. The average Bonchev–Trinajstić information content (AvgIpc) is 3.00. The fraction of sp³-hybridized carbons (Fsp3) is 0.0588. The van der Waals surface area contributed by atoms with Crippen LogP contribution >= 0.6 is 0 Å². The monoisotopic (exact) mass is 357 g/mol. The van der Waals surface area contributed by atoms with E-state index in [1.165, 1.54) is 24.5 Å². The summed E-state index contributed by atoms with van der Waals surface area (Å²) < 4.78 is 39.4. The molecule has 9 heteroatoms. The Labute approximate surface area is 145 Å². The van der Waals surface area contributed by atoms with Gasteiger partial charge >= 0.3 is 6.18 Å². The molecule has 26 heavy (non-hydrogen) atoms. The summed E-state index contributed by atoms with van der Waals surface area (Å²) in [6, 6.07) is 2.49. The number of aromatic amines is 1. The number of carbonyl (C=O) groups excluding carboxylic acids is 1. The Morgan fingerprint density at radius 2 is 1.92 bits per heavy atom. The topological polar surface area (TPSA) is 89.0 Å². The molecule has 3 aromatic rings. The molecule has 3 heterocycles. The molecule has 0 fully saturated rings. The van der Waals surface area contributed by atoms with Gasteiger partial charge in [0.15, 0.2) is 0 Å². The van der Waals surface area contributed by atoms with Gasteiger partial charge in [0.1, 0.15) is 11.8 Å². The number of nitrogens with one attached hydrogen (secondary N) is 1. The fourth-order valence-corrected chi connectivity index (χ4v) is 2.40. The van der Waals surface area contributed by atoms with E-state index in [0.717, 1.165) is 6.07 Å². The van der Waals surface area contributed by atoms with Crippen molar-refractivity contribution in [1.82, 2.24) is 15.0 Å². The maximum atomic E-state index is 13.1. The zero-order chi connectivity index (χ0) is 18.9. The van der Waals surface area contributed by atoms with Gasteiger partial charge in [-0.2, -0.15) is 13.2 Å². The zero-order valence-corrected chi connectivity index (χ0v) is 13.0. The number of amides is 1. The smallest absolute Gasteiger partial charge is 0.366 e. The van der Waals surface area contributed by atoms with Gasteiger partial charge in [-0.1, -0.05) is 6.57 Å². The molecular weight excluding hydrogens is 347 g/mol. The van der Waals surface area contributed by atoms with Crippen LogP contribution in [0, 0.1) is 6.57 Å². The number of pyridine rings is 2. The maximum absolute atomic E-state index is 13.1. The van der Waals surface area contributed by atoms with Crippen molar-refractivity contribution in [1.29, 1.82) is 0 Å². The van der Waals surface area contributed by atoms with Crippen LogP contribution in [0.5, 0.6) is 0 Å². The van der Waals surface area contributed by atoms with Crippen LogP contribution in [0.2, 0.25) is 0 Å². The molecule has 0 spiro atoms. The molecule has 0 radical (unpaired) electrons. The Bertz CT molecular complexity index is 1080. The third-order valence-electron chi connectivity index (χ3n) is 3.60. The van der Waals surface area contributed by atoms with Crippen molar-refractivity contribution in [3.05, 3.63) is 59.3 Å². The highest BCUT2D eigenvalue weighted by Gasteiger charge is 2.34. The SMILES string of the molecule is [C-]#[N+]c1ncc(-c2cnc3[nH]cc(/C=C/C(N)=O)c3c2)cc1C(F)(F)F. The Morgan fingerprint density at radius 3 is 2.58 bits per heavy atom. The molecule has 0 aliphatic rings. The predicted molar refractivity (Wildman–Crippen MR) is 88.8 cm³/mol. The first kappa shape index (κ1) is 17.2. The van der Waals surface area contributed by atoms with E-state index < -0.39 is 23.5 Å². The van der Waals surface area contributed by atoms with Crippen LogP contribution < -0.4 is 5.73 Å². The third kappa shape index (κ3) is 3.25. The van der Waals surface area contributed by atoms with Crippen LogP contribution in [0.1, 0.15) is 11.1 Å². The number of primary amides is 1. The summed E-state index contributed by atoms with van der Waals surface area (Å²) in [5, 5.41) is 0.600. The molecule has 0 aromatic carbocycles. The van der Waals surface area contributed by atoms with E-state index in [-0.39, 0.29) is 5.56 Å². The molecule has 0 atom stereocenters. The molecule has 0 aliphatic carbocycles. The third-order valence-corrected chi connectivity index (χ3v) is 3.60. The van der Waals surface area contributed by atoms with Gasteiger partial charge in [0.25, 0.3) is 5.82 Å². The summed E-state index contributed by atoms with van der Waals surface area (Å²) in [6.45, 7) is 6.84. The number of nitrogens with zero attached hydrogens (tertiary/aromatic N) is 3. The Morgan fingerprint density at radius 1 is 1.23 bits per heavy atom. The number of halogens is 3. The Kier molecular flexibility index (Phi) is 4.18. The lowest BCUT2D eigenvalue weighted by Crippen LogP contribution is -2.06. The van der Waals surface area contributed by atoms with E-state index >= 15 is 0 Å². The minimum Gasteiger partial charge on any atom is -0.366 e. The van der Waals surface area contributed by atoms with Crippen molar-refractivity contribution in [2.24, 2.45) is 5.73 Å². The highest BCUT2D eigenvalue weighted by Crippen LogP contribution is 2.37. The van der Waals surface area contributed by atoms with Gasteiger partial charge in [0, 0.05) is 40.5 Å². The maximum Gasteiger partial charge on any atom is 0.409 e. The number of carbonyl (C=O) groups is 1. The first-order valence-corrected chi connectivity index (χ1v) is 7.19. The highest BCUT2D eigenvalue weighted by atomic mass is 19.4. The highest BCUT2D eigenvalue weighted by molar-refractivity contribution is 5.95. The van der Waals surface area contributed by atoms with E-state index in [9.17, 15) is 18.0 Å². The molecule has 6 nitrogen and oxygen atoms in total. The average molecular weight is 357 g/mol. The molecular formula is C17H10F3N5O. The van der Waals surface area contributed by atoms with Crippen LogP contribution in [0.3, 0.4) is 0 Å². The molecule has 1 amide bonds. The number of hydrogen-bond donors (Lipinski definition) is 2. The van der Waals surface area contributed by atoms with E-state index in [4.69, 9.17) is 12.3 Å². The van der Waals surface area contributed by atoms with Crippen LogP contribution in [0.4, 0.5) is 19.0 Å². The second kappa shape index (κ2) is 6.33. The summed E-state index contributed by atoms with van der Waals surface area (Å²) in [4.78, 5) is 24.4. The second-order valence-corrected chi connectivity index (χ2v) is 5.30. The Hall–Kier alpha value is -3.67. The first-order valence-electron chi connectivity index (χ1n) is 7.19. The van der Waals surface area contributed by atoms with E-state index in [1.807, 2.05) is 0 Å². The lowest BCUT2D eigenvalue weighted by Gasteiger charge is -2.09. The summed E-state index contributed by atoms with van der Waals surface area (Å²) in [7, 11) is 0. The normalized spacial score (nSPS) is 11.8. The van der Waals surface area contributed by atoms with Crippen LogP contribution in [-0.4, -0.2) is 20.9 Å². The van der Waals surface area contributed by atoms with Crippen molar-refractivity contribution in [3.63, 3.8) is 0 Å². The van der Waals surface area contributed by atoms with Crippen LogP contribution in [-0.2, 0) is 11.0 Å². The minimum atomic E-state index is -4.69.